The van der Waals surface area contributed by atoms with Crippen LogP contribution in [0.25, 0.3) is 0 Å². The van der Waals surface area contributed by atoms with Gasteiger partial charge in [0.25, 0.3) is 0 Å². The predicted molar refractivity (Wildman–Crippen MR) is 79.5 cm³/mol. The van der Waals surface area contributed by atoms with Gasteiger partial charge >= 0.3 is 0 Å². The van der Waals surface area contributed by atoms with E-state index >= 15 is 0 Å². The average Bonchev–Trinajstić information content (AvgIpc) is 2.47. The van der Waals surface area contributed by atoms with Gasteiger partial charge in [0.05, 0.1) is 0 Å². The van der Waals surface area contributed by atoms with Gasteiger partial charge in [-0.2, -0.15) is 0 Å². The van der Waals surface area contributed by atoms with Gasteiger partial charge in [0, 0.05) is 18.3 Å². The lowest BCUT2D eigenvalue weighted by atomic mass is 10.2. The smallest absolute Gasteiger partial charge is 0.244 e. The fraction of sp³-hybridized carbons (Fsp3) is 0.125. The minimum Gasteiger partial charge on any atom is -0.325 e. The molecule has 0 aliphatic rings. The van der Waals surface area contributed by atoms with E-state index < -0.39 is 17.5 Å². The van der Waals surface area contributed by atoms with Crippen LogP contribution >= 0.6 is 0 Å². The van der Waals surface area contributed by atoms with Gasteiger partial charge in [-0.05, 0) is 42.5 Å². The normalized spacial score (nSPS) is 10.1. The van der Waals surface area contributed by atoms with Gasteiger partial charge in [-0.3, -0.25) is 9.59 Å². The van der Waals surface area contributed by atoms with Crippen molar-refractivity contribution >= 4 is 23.2 Å². The van der Waals surface area contributed by atoms with Crippen molar-refractivity contribution in [3.05, 3.63) is 60.2 Å². The zero-order valence-electron chi connectivity index (χ0n) is 11.8. The molecule has 0 aromatic heterocycles. The summed E-state index contributed by atoms with van der Waals surface area (Å²) in [7, 11) is 0. The molecular weight excluding hydrogens is 290 g/mol. The van der Waals surface area contributed by atoms with Gasteiger partial charge < -0.3 is 10.2 Å². The molecule has 0 saturated heterocycles. The third kappa shape index (κ3) is 4.12. The lowest BCUT2D eigenvalue weighted by molar-refractivity contribution is -0.120. The highest BCUT2D eigenvalue weighted by molar-refractivity contribution is 6.01. The van der Waals surface area contributed by atoms with E-state index in [0.29, 0.717) is 11.4 Å². The zero-order valence-corrected chi connectivity index (χ0v) is 11.8. The van der Waals surface area contributed by atoms with Crippen LogP contribution in [0.3, 0.4) is 0 Å². The predicted octanol–water partition coefficient (Wildman–Crippen LogP) is 2.96. The molecule has 0 fully saturated rings. The lowest BCUT2D eigenvalue weighted by Crippen LogP contribution is -2.36. The molecule has 6 heteroatoms. The van der Waals surface area contributed by atoms with Crippen LogP contribution in [-0.2, 0) is 9.59 Å². The summed E-state index contributed by atoms with van der Waals surface area (Å²) in [6.45, 7) is 1.02. The molecule has 4 nitrogen and oxygen atoms in total. The first-order valence-corrected chi connectivity index (χ1v) is 6.55. The Labute approximate surface area is 126 Å². The number of hydrogen-bond donors (Lipinski definition) is 1. The number of carbonyl (C=O) groups is 2. The Balaban J connectivity index is 2.09. The number of benzene rings is 2. The van der Waals surface area contributed by atoms with Gasteiger partial charge in [0.15, 0.2) is 0 Å². The highest BCUT2D eigenvalue weighted by Gasteiger charge is 2.16. The molecule has 2 rings (SSSR count). The number of nitrogens with one attached hydrogen (secondary N) is 1. The molecule has 0 saturated carbocycles. The van der Waals surface area contributed by atoms with E-state index in [1.165, 1.54) is 55.5 Å². The van der Waals surface area contributed by atoms with Crippen molar-refractivity contribution in [3.63, 3.8) is 0 Å². The van der Waals surface area contributed by atoms with Crippen LogP contribution in [-0.4, -0.2) is 18.4 Å². The Morgan fingerprint density at radius 3 is 2.32 bits per heavy atom. The Hall–Kier alpha value is -2.76. The number of anilines is 2. The van der Waals surface area contributed by atoms with Gasteiger partial charge in [-0.15, -0.1) is 0 Å². The molecule has 0 radical (unpaired) electrons. The van der Waals surface area contributed by atoms with Gasteiger partial charge in [-0.25, -0.2) is 8.78 Å². The minimum absolute atomic E-state index is 0.268. The number of carbonyl (C=O) groups excluding carboxylic acids is 2. The summed E-state index contributed by atoms with van der Waals surface area (Å²) in [6.07, 6.45) is 0. The molecule has 2 amide bonds. The second-order valence-corrected chi connectivity index (χ2v) is 4.64. The molecule has 114 valence electrons. The second-order valence-electron chi connectivity index (χ2n) is 4.64. The first-order chi connectivity index (χ1) is 10.5. The maximum absolute atomic E-state index is 13.2. The molecule has 0 unspecified atom stereocenters. The topological polar surface area (TPSA) is 49.4 Å². The third-order valence-corrected chi connectivity index (χ3v) is 2.93. The zero-order chi connectivity index (χ0) is 16.1. The van der Waals surface area contributed by atoms with Gasteiger partial charge in [-0.1, -0.05) is 6.07 Å². The summed E-state index contributed by atoms with van der Waals surface area (Å²) in [5, 5.41) is 2.55. The van der Waals surface area contributed by atoms with Crippen molar-refractivity contribution in [2.24, 2.45) is 0 Å². The summed E-state index contributed by atoms with van der Waals surface area (Å²) in [6, 6.07) is 10.7. The standard InChI is InChI=1S/C16H14F2N2O2/c1-11(21)20(15-4-2-3-13(18)9-15)10-16(22)19-14-7-5-12(17)6-8-14/h2-9H,10H2,1H3,(H,19,22). The maximum Gasteiger partial charge on any atom is 0.244 e. The molecular formula is C16H14F2N2O2. The Bertz CT molecular complexity index is 687. The van der Waals surface area contributed by atoms with Crippen molar-refractivity contribution in [3.8, 4) is 0 Å². The summed E-state index contributed by atoms with van der Waals surface area (Å²) >= 11 is 0. The second kappa shape index (κ2) is 6.80. The molecule has 2 aromatic rings. The van der Waals surface area contributed by atoms with E-state index in [9.17, 15) is 18.4 Å². The Morgan fingerprint density at radius 2 is 1.73 bits per heavy atom. The molecule has 0 heterocycles. The van der Waals surface area contributed by atoms with Crippen LogP contribution in [0.4, 0.5) is 20.2 Å². The van der Waals surface area contributed by atoms with E-state index in [0.717, 1.165) is 4.90 Å². The van der Waals surface area contributed by atoms with Crippen LogP contribution in [0.15, 0.2) is 48.5 Å². The number of halogens is 2. The van der Waals surface area contributed by atoms with Crippen molar-refractivity contribution in [2.75, 3.05) is 16.8 Å². The number of hydrogen-bond acceptors (Lipinski definition) is 2. The van der Waals surface area contributed by atoms with E-state index in [4.69, 9.17) is 0 Å². The molecule has 2 aromatic carbocycles. The number of rotatable bonds is 4. The Kier molecular flexibility index (Phi) is 4.83. The van der Waals surface area contributed by atoms with Crippen LogP contribution in [0.2, 0.25) is 0 Å². The molecule has 0 bridgehead atoms. The molecule has 0 atom stereocenters. The van der Waals surface area contributed by atoms with E-state index in [1.54, 1.807) is 0 Å². The van der Waals surface area contributed by atoms with Crippen LogP contribution in [0.5, 0.6) is 0 Å². The van der Waals surface area contributed by atoms with E-state index in [2.05, 4.69) is 5.32 Å². The van der Waals surface area contributed by atoms with E-state index in [1.807, 2.05) is 0 Å². The fourth-order valence-electron chi connectivity index (χ4n) is 1.91. The summed E-state index contributed by atoms with van der Waals surface area (Å²) < 4.78 is 26.0. The summed E-state index contributed by atoms with van der Waals surface area (Å²) in [5.74, 6) is -1.77. The molecule has 22 heavy (non-hydrogen) atoms. The lowest BCUT2D eigenvalue weighted by Gasteiger charge is -2.20. The minimum atomic E-state index is -0.498. The molecule has 0 spiro atoms. The molecule has 1 N–H and O–H groups in total. The average molecular weight is 304 g/mol. The SMILES string of the molecule is CC(=O)N(CC(=O)Nc1ccc(F)cc1)c1cccc(F)c1. The first-order valence-electron chi connectivity index (χ1n) is 6.55. The summed E-state index contributed by atoms with van der Waals surface area (Å²) in [5.41, 5.74) is 0.705. The quantitative estimate of drug-likeness (QED) is 0.944. The third-order valence-electron chi connectivity index (χ3n) is 2.93. The fourth-order valence-corrected chi connectivity index (χ4v) is 1.91. The first kappa shape index (κ1) is 15.6. The highest BCUT2D eigenvalue weighted by atomic mass is 19.1. The van der Waals surface area contributed by atoms with Crippen molar-refractivity contribution in [1.82, 2.24) is 0 Å². The van der Waals surface area contributed by atoms with Crippen molar-refractivity contribution in [1.29, 1.82) is 0 Å². The van der Waals surface area contributed by atoms with Gasteiger partial charge in [0.2, 0.25) is 11.8 Å². The van der Waals surface area contributed by atoms with Gasteiger partial charge in [0.1, 0.15) is 18.2 Å². The van der Waals surface area contributed by atoms with Crippen LogP contribution < -0.4 is 10.2 Å². The van der Waals surface area contributed by atoms with Crippen molar-refractivity contribution < 1.29 is 18.4 Å². The van der Waals surface area contributed by atoms with Crippen molar-refractivity contribution in [2.45, 2.75) is 6.92 Å². The number of nitrogens with zero attached hydrogens (tertiary/aromatic N) is 1. The monoisotopic (exact) mass is 304 g/mol. The maximum atomic E-state index is 13.2. The van der Waals surface area contributed by atoms with Crippen LogP contribution in [0, 0.1) is 11.6 Å². The number of amides is 2. The Morgan fingerprint density at radius 1 is 1.05 bits per heavy atom. The van der Waals surface area contributed by atoms with Crippen LogP contribution in [0.1, 0.15) is 6.92 Å². The van der Waals surface area contributed by atoms with E-state index in [-0.39, 0.29) is 12.5 Å². The largest absolute Gasteiger partial charge is 0.325 e. The molecule has 0 aliphatic heterocycles. The summed E-state index contributed by atoms with van der Waals surface area (Å²) in [4.78, 5) is 24.8. The highest BCUT2D eigenvalue weighted by Crippen LogP contribution is 2.16. The molecule has 0 aliphatic carbocycles.